The second-order valence-electron chi connectivity index (χ2n) is 2.54. The van der Waals surface area contributed by atoms with E-state index in [4.69, 9.17) is 21.1 Å². The first-order valence-electron chi connectivity index (χ1n) is 3.73. The molecular formula is C9H10BrClO2. The standard InChI is InChI=1S/C9H10BrClO2/c1-6-8(13-5-12-2)4-3-7(10)9(6)11/h3-4H,5H2,1-2H3. The Labute approximate surface area is 90.9 Å². The molecule has 0 amide bonds. The fourth-order valence-corrected chi connectivity index (χ4v) is 1.50. The first kappa shape index (κ1) is 10.8. The summed E-state index contributed by atoms with van der Waals surface area (Å²) in [5.74, 6) is 0.745. The van der Waals surface area contributed by atoms with E-state index < -0.39 is 0 Å². The highest BCUT2D eigenvalue weighted by atomic mass is 79.9. The van der Waals surface area contributed by atoms with Crippen LogP contribution in [-0.4, -0.2) is 13.9 Å². The summed E-state index contributed by atoms with van der Waals surface area (Å²) in [4.78, 5) is 0. The molecule has 0 spiro atoms. The van der Waals surface area contributed by atoms with Gasteiger partial charge in [-0.05, 0) is 35.0 Å². The minimum Gasteiger partial charge on any atom is -0.467 e. The number of benzene rings is 1. The third kappa shape index (κ3) is 2.59. The van der Waals surface area contributed by atoms with Gasteiger partial charge < -0.3 is 9.47 Å². The summed E-state index contributed by atoms with van der Waals surface area (Å²) in [6, 6.07) is 3.70. The molecule has 0 N–H and O–H groups in total. The van der Waals surface area contributed by atoms with Crippen LogP contribution in [0.2, 0.25) is 5.02 Å². The van der Waals surface area contributed by atoms with Gasteiger partial charge in [-0.25, -0.2) is 0 Å². The maximum Gasteiger partial charge on any atom is 0.188 e. The molecule has 0 atom stereocenters. The maximum atomic E-state index is 5.99. The van der Waals surface area contributed by atoms with Gasteiger partial charge in [-0.2, -0.15) is 0 Å². The van der Waals surface area contributed by atoms with E-state index in [1.165, 1.54) is 0 Å². The van der Waals surface area contributed by atoms with E-state index in [0.717, 1.165) is 15.8 Å². The summed E-state index contributed by atoms with van der Waals surface area (Å²) in [5.41, 5.74) is 0.910. The van der Waals surface area contributed by atoms with Crippen molar-refractivity contribution in [2.45, 2.75) is 6.92 Å². The molecule has 1 aromatic carbocycles. The minimum absolute atomic E-state index is 0.235. The molecule has 0 aliphatic rings. The van der Waals surface area contributed by atoms with E-state index in [9.17, 15) is 0 Å². The Bertz CT molecular complexity index is 302. The van der Waals surface area contributed by atoms with Crippen LogP contribution in [0.4, 0.5) is 0 Å². The molecule has 0 radical (unpaired) electrons. The van der Waals surface area contributed by atoms with Gasteiger partial charge in [0.15, 0.2) is 6.79 Å². The SMILES string of the molecule is COCOc1ccc(Br)c(Cl)c1C. The Balaban J connectivity index is 2.90. The van der Waals surface area contributed by atoms with Gasteiger partial charge in [0.05, 0.1) is 5.02 Å². The Hall–Kier alpha value is -0.250. The van der Waals surface area contributed by atoms with Crippen molar-refractivity contribution in [3.05, 3.63) is 27.2 Å². The van der Waals surface area contributed by atoms with Crippen molar-refractivity contribution in [3.8, 4) is 5.75 Å². The monoisotopic (exact) mass is 264 g/mol. The Morgan fingerprint density at radius 2 is 2.15 bits per heavy atom. The lowest BCUT2D eigenvalue weighted by Gasteiger charge is -2.09. The van der Waals surface area contributed by atoms with Gasteiger partial charge in [-0.3, -0.25) is 0 Å². The summed E-state index contributed by atoms with van der Waals surface area (Å²) in [5, 5.41) is 0.675. The molecule has 2 nitrogen and oxygen atoms in total. The molecule has 4 heteroatoms. The molecule has 0 aliphatic carbocycles. The third-order valence-corrected chi connectivity index (χ3v) is 3.00. The predicted molar refractivity (Wildman–Crippen MR) is 56.4 cm³/mol. The van der Waals surface area contributed by atoms with Gasteiger partial charge in [0.2, 0.25) is 0 Å². The lowest BCUT2D eigenvalue weighted by Crippen LogP contribution is -2.00. The zero-order valence-corrected chi connectivity index (χ0v) is 9.78. The maximum absolute atomic E-state index is 5.99. The fraction of sp³-hybridized carbons (Fsp3) is 0.333. The Morgan fingerprint density at radius 1 is 1.46 bits per heavy atom. The molecule has 72 valence electrons. The smallest absolute Gasteiger partial charge is 0.188 e. The molecule has 0 aromatic heterocycles. The van der Waals surface area contributed by atoms with E-state index in [1.807, 2.05) is 19.1 Å². The summed E-state index contributed by atoms with van der Waals surface area (Å²) >= 11 is 9.32. The van der Waals surface area contributed by atoms with Crippen molar-refractivity contribution >= 4 is 27.5 Å². The highest BCUT2D eigenvalue weighted by Crippen LogP contribution is 2.32. The van der Waals surface area contributed by atoms with Crippen LogP contribution in [0.5, 0.6) is 5.75 Å². The number of halogens is 2. The van der Waals surface area contributed by atoms with Crippen LogP contribution in [-0.2, 0) is 4.74 Å². The highest BCUT2D eigenvalue weighted by molar-refractivity contribution is 9.10. The zero-order valence-electron chi connectivity index (χ0n) is 7.43. The molecule has 1 rings (SSSR count). The second kappa shape index (κ2) is 4.84. The molecule has 0 heterocycles. The van der Waals surface area contributed by atoms with E-state index in [2.05, 4.69) is 15.9 Å². The number of ether oxygens (including phenoxy) is 2. The second-order valence-corrected chi connectivity index (χ2v) is 3.77. The van der Waals surface area contributed by atoms with Crippen LogP contribution in [0.3, 0.4) is 0 Å². The average molecular weight is 266 g/mol. The normalized spacial score (nSPS) is 10.2. The van der Waals surface area contributed by atoms with Crippen LogP contribution in [0.1, 0.15) is 5.56 Å². The number of hydrogen-bond donors (Lipinski definition) is 0. The highest BCUT2D eigenvalue weighted by Gasteiger charge is 2.06. The summed E-state index contributed by atoms with van der Waals surface area (Å²) in [6.07, 6.45) is 0. The van der Waals surface area contributed by atoms with Gasteiger partial charge in [-0.1, -0.05) is 11.6 Å². The van der Waals surface area contributed by atoms with Gasteiger partial charge in [0.25, 0.3) is 0 Å². The molecule has 0 fully saturated rings. The lowest BCUT2D eigenvalue weighted by atomic mass is 10.2. The first-order chi connectivity index (χ1) is 6.16. The molecular weight excluding hydrogens is 255 g/mol. The van der Waals surface area contributed by atoms with Crippen LogP contribution in [0.15, 0.2) is 16.6 Å². The summed E-state index contributed by atoms with van der Waals surface area (Å²) in [6.45, 7) is 2.14. The Kier molecular flexibility index (Phi) is 4.03. The van der Waals surface area contributed by atoms with Crippen molar-refractivity contribution in [3.63, 3.8) is 0 Å². The van der Waals surface area contributed by atoms with Crippen molar-refractivity contribution in [2.75, 3.05) is 13.9 Å². The molecule has 0 saturated heterocycles. The van der Waals surface area contributed by atoms with Crippen LogP contribution < -0.4 is 4.74 Å². The molecule has 0 saturated carbocycles. The van der Waals surface area contributed by atoms with E-state index >= 15 is 0 Å². The van der Waals surface area contributed by atoms with Crippen LogP contribution in [0, 0.1) is 6.92 Å². The minimum atomic E-state index is 0.235. The summed E-state index contributed by atoms with van der Waals surface area (Å²) < 4.78 is 11.0. The lowest BCUT2D eigenvalue weighted by molar-refractivity contribution is 0.0506. The molecule has 0 unspecified atom stereocenters. The average Bonchev–Trinajstić information content (AvgIpc) is 2.13. The van der Waals surface area contributed by atoms with Gasteiger partial charge in [0.1, 0.15) is 5.75 Å². The van der Waals surface area contributed by atoms with E-state index in [1.54, 1.807) is 7.11 Å². The molecule has 0 aliphatic heterocycles. The van der Waals surface area contributed by atoms with Gasteiger partial charge in [0, 0.05) is 17.1 Å². The topological polar surface area (TPSA) is 18.5 Å². The number of rotatable bonds is 3. The Morgan fingerprint density at radius 3 is 2.77 bits per heavy atom. The van der Waals surface area contributed by atoms with Crippen molar-refractivity contribution < 1.29 is 9.47 Å². The van der Waals surface area contributed by atoms with Gasteiger partial charge >= 0.3 is 0 Å². The fourth-order valence-electron chi connectivity index (χ4n) is 0.913. The molecule has 1 aromatic rings. The molecule has 0 bridgehead atoms. The quantitative estimate of drug-likeness (QED) is 0.780. The largest absolute Gasteiger partial charge is 0.467 e. The summed E-state index contributed by atoms with van der Waals surface area (Å²) in [7, 11) is 1.58. The predicted octanol–water partition coefficient (Wildman–Crippen LogP) is 3.39. The zero-order chi connectivity index (χ0) is 9.84. The van der Waals surface area contributed by atoms with Gasteiger partial charge in [-0.15, -0.1) is 0 Å². The van der Waals surface area contributed by atoms with Crippen molar-refractivity contribution in [2.24, 2.45) is 0 Å². The number of hydrogen-bond acceptors (Lipinski definition) is 2. The van der Waals surface area contributed by atoms with E-state index in [0.29, 0.717) is 5.02 Å². The van der Waals surface area contributed by atoms with Crippen LogP contribution >= 0.6 is 27.5 Å². The number of methoxy groups -OCH3 is 1. The first-order valence-corrected chi connectivity index (χ1v) is 4.90. The molecule has 13 heavy (non-hydrogen) atoms. The van der Waals surface area contributed by atoms with E-state index in [-0.39, 0.29) is 6.79 Å². The van der Waals surface area contributed by atoms with Crippen LogP contribution in [0.25, 0.3) is 0 Å². The third-order valence-electron chi connectivity index (χ3n) is 1.62. The van der Waals surface area contributed by atoms with Crippen molar-refractivity contribution in [1.29, 1.82) is 0 Å². The van der Waals surface area contributed by atoms with Crippen molar-refractivity contribution in [1.82, 2.24) is 0 Å².